The minimum absolute atomic E-state index is 0. The SMILES string of the molecule is Cl.NCCC1CCN(Cc2ccc(Cl)cc2)CC1. The van der Waals surface area contributed by atoms with Crippen LogP contribution in [0.15, 0.2) is 24.3 Å². The smallest absolute Gasteiger partial charge is 0.0406 e. The number of halogens is 2. The lowest BCUT2D eigenvalue weighted by Gasteiger charge is -2.31. The van der Waals surface area contributed by atoms with Crippen LogP contribution in [0.1, 0.15) is 24.8 Å². The van der Waals surface area contributed by atoms with Gasteiger partial charge in [-0.2, -0.15) is 0 Å². The zero-order chi connectivity index (χ0) is 12.1. The highest BCUT2D eigenvalue weighted by Crippen LogP contribution is 2.21. The van der Waals surface area contributed by atoms with Gasteiger partial charge in [0, 0.05) is 11.6 Å². The molecule has 1 aromatic carbocycles. The molecule has 1 saturated heterocycles. The summed E-state index contributed by atoms with van der Waals surface area (Å²) in [6.07, 6.45) is 3.78. The minimum atomic E-state index is 0. The van der Waals surface area contributed by atoms with Gasteiger partial charge in [0.05, 0.1) is 0 Å². The summed E-state index contributed by atoms with van der Waals surface area (Å²) < 4.78 is 0. The molecule has 0 aromatic heterocycles. The Labute approximate surface area is 121 Å². The van der Waals surface area contributed by atoms with Crippen molar-refractivity contribution in [3.8, 4) is 0 Å². The van der Waals surface area contributed by atoms with Crippen LogP contribution in [-0.2, 0) is 6.54 Å². The summed E-state index contributed by atoms with van der Waals surface area (Å²) in [4.78, 5) is 2.52. The molecule has 0 unspecified atom stereocenters. The third-order valence-corrected chi connectivity index (χ3v) is 3.85. The second-order valence-corrected chi connectivity index (χ2v) is 5.36. The lowest BCUT2D eigenvalue weighted by molar-refractivity contribution is 0.173. The third kappa shape index (κ3) is 4.77. The number of rotatable bonds is 4. The van der Waals surface area contributed by atoms with E-state index in [4.69, 9.17) is 17.3 Å². The van der Waals surface area contributed by atoms with Gasteiger partial charge in [0.1, 0.15) is 0 Å². The van der Waals surface area contributed by atoms with Crippen molar-refractivity contribution in [2.75, 3.05) is 19.6 Å². The van der Waals surface area contributed by atoms with E-state index in [9.17, 15) is 0 Å². The van der Waals surface area contributed by atoms with E-state index in [1.165, 1.54) is 37.9 Å². The van der Waals surface area contributed by atoms with Crippen molar-refractivity contribution in [1.29, 1.82) is 0 Å². The Morgan fingerprint density at radius 3 is 2.33 bits per heavy atom. The molecule has 0 radical (unpaired) electrons. The van der Waals surface area contributed by atoms with Crippen molar-refractivity contribution in [2.24, 2.45) is 11.7 Å². The van der Waals surface area contributed by atoms with E-state index < -0.39 is 0 Å². The second kappa shape index (κ2) is 8.00. The number of benzene rings is 1. The van der Waals surface area contributed by atoms with Crippen molar-refractivity contribution in [3.63, 3.8) is 0 Å². The molecule has 18 heavy (non-hydrogen) atoms. The molecule has 0 atom stereocenters. The summed E-state index contributed by atoms with van der Waals surface area (Å²) in [6.45, 7) is 4.29. The van der Waals surface area contributed by atoms with Crippen molar-refractivity contribution in [2.45, 2.75) is 25.8 Å². The number of hydrogen-bond acceptors (Lipinski definition) is 2. The molecule has 0 bridgehead atoms. The Bertz CT molecular complexity index is 332. The van der Waals surface area contributed by atoms with Gasteiger partial charge in [-0.1, -0.05) is 23.7 Å². The number of nitrogens with zero attached hydrogens (tertiary/aromatic N) is 1. The van der Waals surface area contributed by atoms with Crippen LogP contribution in [0.3, 0.4) is 0 Å². The molecule has 0 spiro atoms. The number of piperidine rings is 1. The summed E-state index contributed by atoms with van der Waals surface area (Å²) >= 11 is 5.88. The van der Waals surface area contributed by atoms with E-state index in [2.05, 4.69) is 17.0 Å². The molecule has 4 heteroatoms. The topological polar surface area (TPSA) is 29.3 Å². The zero-order valence-corrected chi connectivity index (χ0v) is 12.2. The molecule has 2 N–H and O–H groups in total. The van der Waals surface area contributed by atoms with Gasteiger partial charge in [-0.15, -0.1) is 12.4 Å². The standard InChI is InChI=1S/C14H21ClN2.ClH/c15-14-3-1-13(2-4-14)11-17-9-6-12(5-8-16)7-10-17;/h1-4,12H,5-11,16H2;1H. The van der Waals surface area contributed by atoms with Crippen LogP contribution in [0.25, 0.3) is 0 Å². The maximum atomic E-state index is 5.88. The van der Waals surface area contributed by atoms with Gasteiger partial charge in [-0.3, -0.25) is 4.90 Å². The minimum Gasteiger partial charge on any atom is -0.330 e. The van der Waals surface area contributed by atoms with E-state index >= 15 is 0 Å². The Balaban J connectivity index is 0.00000162. The van der Waals surface area contributed by atoms with E-state index in [1.54, 1.807) is 0 Å². The molecule has 1 aromatic rings. The van der Waals surface area contributed by atoms with Crippen LogP contribution < -0.4 is 5.73 Å². The monoisotopic (exact) mass is 288 g/mol. The average molecular weight is 289 g/mol. The first kappa shape index (κ1) is 15.8. The first-order chi connectivity index (χ1) is 8.28. The van der Waals surface area contributed by atoms with E-state index in [-0.39, 0.29) is 12.4 Å². The van der Waals surface area contributed by atoms with E-state index in [0.29, 0.717) is 0 Å². The quantitative estimate of drug-likeness (QED) is 0.921. The van der Waals surface area contributed by atoms with E-state index in [0.717, 1.165) is 24.0 Å². The Kier molecular flexibility index (Phi) is 7.02. The molecule has 1 heterocycles. The third-order valence-electron chi connectivity index (χ3n) is 3.60. The lowest BCUT2D eigenvalue weighted by atomic mass is 9.93. The van der Waals surface area contributed by atoms with Crippen LogP contribution >= 0.6 is 24.0 Å². The molecule has 102 valence electrons. The van der Waals surface area contributed by atoms with Gasteiger partial charge in [-0.05, 0) is 62.5 Å². The molecule has 1 fully saturated rings. The normalized spacial score (nSPS) is 17.4. The largest absolute Gasteiger partial charge is 0.330 e. The van der Waals surface area contributed by atoms with Gasteiger partial charge in [0.2, 0.25) is 0 Å². The molecule has 1 aliphatic rings. The van der Waals surface area contributed by atoms with E-state index in [1.807, 2.05) is 12.1 Å². The highest BCUT2D eigenvalue weighted by molar-refractivity contribution is 6.30. The van der Waals surface area contributed by atoms with Crippen LogP contribution in [0, 0.1) is 5.92 Å². The molecule has 2 nitrogen and oxygen atoms in total. The Morgan fingerprint density at radius 2 is 1.78 bits per heavy atom. The molecule has 0 saturated carbocycles. The molecule has 2 rings (SSSR count). The van der Waals surface area contributed by atoms with Gasteiger partial charge in [-0.25, -0.2) is 0 Å². The first-order valence-electron chi connectivity index (χ1n) is 6.45. The maximum Gasteiger partial charge on any atom is 0.0406 e. The van der Waals surface area contributed by atoms with Gasteiger partial charge >= 0.3 is 0 Å². The summed E-state index contributed by atoms with van der Waals surface area (Å²) in [7, 11) is 0. The Hall–Kier alpha value is -0.280. The average Bonchev–Trinajstić information content (AvgIpc) is 2.35. The second-order valence-electron chi connectivity index (χ2n) is 4.92. The number of nitrogens with two attached hydrogens (primary N) is 1. The fourth-order valence-electron chi connectivity index (χ4n) is 2.52. The predicted octanol–water partition coefficient (Wildman–Crippen LogP) is 3.32. The summed E-state index contributed by atoms with van der Waals surface area (Å²) in [5, 5.41) is 0.815. The summed E-state index contributed by atoms with van der Waals surface area (Å²) in [6, 6.07) is 8.18. The fraction of sp³-hybridized carbons (Fsp3) is 0.571. The first-order valence-corrected chi connectivity index (χ1v) is 6.82. The zero-order valence-electron chi connectivity index (χ0n) is 10.6. The molecular weight excluding hydrogens is 267 g/mol. The number of likely N-dealkylation sites (tertiary alicyclic amines) is 1. The van der Waals surface area contributed by atoms with Gasteiger partial charge in [0.15, 0.2) is 0 Å². The summed E-state index contributed by atoms with van der Waals surface area (Å²) in [5.41, 5.74) is 6.96. The van der Waals surface area contributed by atoms with Crippen molar-refractivity contribution >= 4 is 24.0 Å². The van der Waals surface area contributed by atoms with Crippen LogP contribution in [-0.4, -0.2) is 24.5 Å². The molecule has 0 amide bonds. The Morgan fingerprint density at radius 1 is 1.17 bits per heavy atom. The molecule has 1 aliphatic heterocycles. The van der Waals surface area contributed by atoms with Gasteiger partial charge in [0.25, 0.3) is 0 Å². The maximum absolute atomic E-state index is 5.88. The van der Waals surface area contributed by atoms with Crippen LogP contribution in [0.5, 0.6) is 0 Å². The van der Waals surface area contributed by atoms with Crippen molar-refractivity contribution in [1.82, 2.24) is 4.90 Å². The highest BCUT2D eigenvalue weighted by atomic mass is 35.5. The molecule has 0 aliphatic carbocycles. The lowest BCUT2D eigenvalue weighted by Crippen LogP contribution is -2.33. The van der Waals surface area contributed by atoms with Crippen molar-refractivity contribution in [3.05, 3.63) is 34.9 Å². The molecular formula is C14H22Cl2N2. The van der Waals surface area contributed by atoms with Gasteiger partial charge < -0.3 is 5.73 Å². The van der Waals surface area contributed by atoms with Crippen molar-refractivity contribution < 1.29 is 0 Å². The summed E-state index contributed by atoms with van der Waals surface area (Å²) in [5.74, 6) is 0.849. The number of hydrogen-bond donors (Lipinski definition) is 1. The fourth-order valence-corrected chi connectivity index (χ4v) is 2.64. The van der Waals surface area contributed by atoms with Crippen LogP contribution in [0.2, 0.25) is 5.02 Å². The van der Waals surface area contributed by atoms with Crippen LogP contribution in [0.4, 0.5) is 0 Å². The highest BCUT2D eigenvalue weighted by Gasteiger charge is 2.18. The predicted molar refractivity (Wildman–Crippen MR) is 80.4 cm³/mol.